The van der Waals surface area contributed by atoms with Gasteiger partial charge in [-0.2, -0.15) is 0 Å². The molecule has 0 spiro atoms. The monoisotopic (exact) mass is 345 g/mol. The van der Waals surface area contributed by atoms with Gasteiger partial charge in [-0.3, -0.25) is 4.79 Å². The smallest absolute Gasteiger partial charge is 0.274 e. The second-order valence-corrected chi connectivity index (χ2v) is 6.25. The van der Waals surface area contributed by atoms with Crippen molar-refractivity contribution in [2.24, 2.45) is 0 Å². The Morgan fingerprint density at radius 3 is 2.46 bits per heavy atom. The molecule has 2 aromatic carbocycles. The number of pyridine rings is 1. The molecule has 0 unspecified atom stereocenters. The second kappa shape index (κ2) is 7.83. The lowest BCUT2D eigenvalue weighted by molar-refractivity contribution is 0.102. The van der Waals surface area contributed by atoms with Crippen LogP contribution in [0.1, 0.15) is 28.5 Å². The maximum absolute atomic E-state index is 12.4. The maximum Gasteiger partial charge on any atom is 0.274 e. The molecule has 0 aliphatic carbocycles. The Morgan fingerprint density at radius 1 is 1.00 bits per heavy atom. The molecule has 1 heterocycles. The molecular weight excluding hydrogens is 322 g/mol. The van der Waals surface area contributed by atoms with E-state index >= 15 is 0 Å². The van der Waals surface area contributed by atoms with E-state index in [2.05, 4.69) is 47.2 Å². The Bertz CT molecular complexity index is 903. The number of anilines is 3. The fraction of sp³-hybridized carbons (Fsp3) is 0.182. The Morgan fingerprint density at radius 2 is 1.81 bits per heavy atom. The van der Waals surface area contributed by atoms with Gasteiger partial charge in [-0.25, -0.2) is 4.98 Å². The lowest BCUT2D eigenvalue weighted by Gasteiger charge is -2.23. The topological polar surface area (TPSA) is 45.2 Å². The van der Waals surface area contributed by atoms with Crippen molar-refractivity contribution in [3.63, 3.8) is 0 Å². The zero-order chi connectivity index (χ0) is 18.5. The number of nitrogens with one attached hydrogen (secondary N) is 1. The third kappa shape index (κ3) is 3.91. The van der Waals surface area contributed by atoms with Gasteiger partial charge >= 0.3 is 0 Å². The number of hydrogen-bond donors (Lipinski definition) is 1. The molecule has 0 saturated heterocycles. The summed E-state index contributed by atoms with van der Waals surface area (Å²) < 4.78 is 0. The fourth-order valence-electron chi connectivity index (χ4n) is 2.89. The van der Waals surface area contributed by atoms with Crippen LogP contribution in [0.15, 0.2) is 66.9 Å². The first-order valence-corrected chi connectivity index (χ1v) is 8.75. The zero-order valence-corrected chi connectivity index (χ0v) is 15.4. The predicted octanol–water partition coefficient (Wildman–Crippen LogP) is 5.11. The number of aromatic nitrogens is 1. The summed E-state index contributed by atoms with van der Waals surface area (Å²) in [5.41, 5.74) is 5.52. The SMILES string of the molecule is CCN(c1ccc(C(=O)Nc2ccccc2C)nc1)c1cccc(C)c1. The van der Waals surface area contributed by atoms with Crippen molar-refractivity contribution >= 4 is 23.0 Å². The van der Waals surface area contributed by atoms with E-state index in [1.165, 1.54) is 5.56 Å². The highest BCUT2D eigenvalue weighted by molar-refractivity contribution is 6.03. The van der Waals surface area contributed by atoms with Gasteiger partial charge in [-0.05, 0) is 62.2 Å². The Labute approximate surface area is 154 Å². The molecule has 0 saturated carbocycles. The average molecular weight is 345 g/mol. The van der Waals surface area contributed by atoms with E-state index in [0.29, 0.717) is 5.69 Å². The van der Waals surface area contributed by atoms with Gasteiger partial charge in [-0.15, -0.1) is 0 Å². The van der Waals surface area contributed by atoms with Crippen molar-refractivity contribution < 1.29 is 4.79 Å². The zero-order valence-electron chi connectivity index (χ0n) is 15.4. The first kappa shape index (κ1) is 17.7. The molecule has 0 aliphatic rings. The van der Waals surface area contributed by atoms with E-state index in [1.54, 1.807) is 12.3 Å². The Balaban J connectivity index is 1.79. The molecule has 1 N–H and O–H groups in total. The number of benzene rings is 2. The van der Waals surface area contributed by atoms with Crippen LogP contribution in [0.25, 0.3) is 0 Å². The van der Waals surface area contributed by atoms with Gasteiger partial charge in [0.1, 0.15) is 5.69 Å². The Kier molecular flexibility index (Phi) is 5.32. The van der Waals surface area contributed by atoms with Gasteiger partial charge in [0.25, 0.3) is 5.91 Å². The number of amides is 1. The number of carbonyl (C=O) groups is 1. The number of nitrogens with zero attached hydrogens (tertiary/aromatic N) is 2. The molecule has 3 aromatic rings. The summed E-state index contributed by atoms with van der Waals surface area (Å²) in [7, 11) is 0. The first-order valence-electron chi connectivity index (χ1n) is 8.75. The van der Waals surface area contributed by atoms with Crippen LogP contribution < -0.4 is 10.2 Å². The molecule has 1 amide bonds. The molecule has 0 fully saturated rings. The fourth-order valence-corrected chi connectivity index (χ4v) is 2.89. The van der Waals surface area contributed by atoms with Crippen LogP contribution >= 0.6 is 0 Å². The van der Waals surface area contributed by atoms with Crippen molar-refractivity contribution in [3.05, 3.63) is 83.7 Å². The largest absolute Gasteiger partial charge is 0.341 e. The second-order valence-electron chi connectivity index (χ2n) is 6.25. The lowest BCUT2D eigenvalue weighted by atomic mass is 10.2. The van der Waals surface area contributed by atoms with Crippen molar-refractivity contribution in [1.82, 2.24) is 4.98 Å². The van der Waals surface area contributed by atoms with Gasteiger partial charge in [0.2, 0.25) is 0 Å². The predicted molar refractivity (Wildman–Crippen MR) is 107 cm³/mol. The molecule has 4 heteroatoms. The average Bonchev–Trinajstić information content (AvgIpc) is 2.65. The molecule has 4 nitrogen and oxygen atoms in total. The van der Waals surface area contributed by atoms with Gasteiger partial charge in [0.05, 0.1) is 11.9 Å². The lowest BCUT2D eigenvalue weighted by Crippen LogP contribution is -2.18. The van der Waals surface area contributed by atoms with Crippen molar-refractivity contribution in [3.8, 4) is 0 Å². The highest BCUT2D eigenvalue weighted by Crippen LogP contribution is 2.25. The molecule has 0 radical (unpaired) electrons. The minimum absolute atomic E-state index is 0.204. The number of para-hydroxylation sites is 1. The summed E-state index contributed by atoms with van der Waals surface area (Å²) in [4.78, 5) is 19.0. The third-order valence-electron chi connectivity index (χ3n) is 4.32. The Hall–Kier alpha value is -3.14. The van der Waals surface area contributed by atoms with Gasteiger partial charge in [-0.1, -0.05) is 30.3 Å². The molecule has 1 aromatic heterocycles. The van der Waals surface area contributed by atoms with Crippen molar-refractivity contribution in [2.45, 2.75) is 20.8 Å². The summed E-state index contributed by atoms with van der Waals surface area (Å²) in [5, 5.41) is 2.91. The van der Waals surface area contributed by atoms with E-state index in [0.717, 1.165) is 29.2 Å². The summed E-state index contributed by atoms with van der Waals surface area (Å²) in [5.74, 6) is -0.204. The minimum atomic E-state index is -0.204. The molecule has 0 bridgehead atoms. The number of carbonyl (C=O) groups excluding carboxylic acids is 1. The van der Waals surface area contributed by atoms with Crippen LogP contribution in [0.2, 0.25) is 0 Å². The highest BCUT2D eigenvalue weighted by Gasteiger charge is 2.12. The van der Waals surface area contributed by atoms with E-state index < -0.39 is 0 Å². The van der Waals surface area contributed by atoms with Crippen LogP contribution in [-0.4, -0.2) is 17.4 Å². The molecule has 0 aliphatic heterocycles. The third-order valence-corrected chi connectivity index (χ3v) is 4.32. The van der Waals surface area contributed by atoms with Gasteiger partial charge in [0.15, 0.2) is 0 Å². The summed E-state index contributed by atoms with van der Waals surface area (Å²) in [6.07, 6.45) is 1.75. The standard InChI is InChI=1S/C22H23N3O/c1-4-25(18-10-7-8-16(2)14-18)19-12-13-21(23-15-19)22(26)24-20-11-6-5-9-17(20)3/h5-15H,4H2,1-3H3,(H,24,26). The molecular formula is C22H23N3O. The summed E-state index contributed by atoms with van der Waals surface area (Å²) in [6, 6.07) is 19.7. The van der Waals surface area contributed by atoms with Crippen LogP contribution in [0.3, 0.4) is 0 Å². The van der Waals surface area contributed by atoms with Crippen LogP contribution in [0.4, 0.5) is 17.1 Å². The first-order chi connectivity index (χ1) is 12.6. The van der Waals surface area contributed by atoms with E-state index in [1.807, 2.05) is 43.3 Å². The maximum atomic E-state index is 12.4. The number of hydrogen-bond acceptors (Lipinski definition) is 3. The molecule has 26 heavy (non-hydrogen) atoms. The molecule has 132 valence electrons. The highest BCUT2D eigenvalue weighted by atomic mass is 16.1. The normalized spacial score (nSPS) is 10.4. The van der Waals surface area contributed by atoms with Crippen LogP contribution in [0.5, 0.6) is 0 Å². The van der Waals surface area contributed by atoms with E-state index in [4.69, 9.17) is 0 Å². The number of aryl methyl sites for hydroxylation is 2. The quantitative estimate of drug-likeness (QED) is 0.699. The van der Waals surface area contributed by atoms with Crippen LogP contribution in [-0.2, 0) is 0 Å². The molecule has 3 rings (SSSR count). The van der Waals surface area contributed by atoms with Gasteiger partial charge < -0.3 is 10.2 Å². The minimum Gasteiger partial charge on any atom is -0.341 e. The van der Waals surface area contributed by atoms with Crippen molar-refractivity contribution in [2.75, 3.05) is 16.8 Å². The van der Waals surface area contributed by atoms with E-state index in [-0.39, 0.29) is 5.91 Å². The van der Waals surface area contributed by atoms with E-state index in [9.17, 15) is 4.79 Å². The summed E-state index contributed by atoms with van der Waals surface area (Å²) in [6.45, 7) is 6.96. The number of rotatable bonds is 5. The van der Waals surface area contributed by atoms with Gasteiger partial charge in [0, 0.05) is 17.9 Å². The van der Waals surface area contributed by atoms with Crippen LogP contribution in [0, 0.1) is 13.8 Å². The summed E-state index contributed by atoms with van der Waals surface area (Å²) >= 11 is 0. The van der Waals surface area contributed by atoms with Crippen molar-refractivity contribution in [1.29, 1.82) is 0 Å². The molecule has 0 atom stereocenters.